The van der Waals surface area contributed by atoms with Crippen molar-refractivity contribution in [3.63, 3.8) is 0 Å². The molecule has 0 spiro atoms. The lowest BCUT2D eigenvalue weighted by molar-refractivity contribution is 0.0936. The van der Waals surface area contributed by atoms with Crippen molar-refractivity contribution >= 4 is 11.9 Å². The second-order valence-electron chi connectivity index (χ2n) is 4.62. The number of nitrogens with one attached hydrogen (secondary N) is 3. The number of carbonyl (C=O) groups is 2. The van der Waals surface area contributed by atoms with Gasteiger partial charge in [-0.05, 0) is 30.7 Å². The number of rotatable bonds is 7. The summed E-state index contributed by atoms with van der Waals surface area (Å²) in [6, 6.07) is 6.20. The summed E-state index contributed by atoms with van der Waals surface area (Å²) in [6.45, 7) is 2.74. The first-order valence-electron chi connectivity index (χ1n) is 7.15. The highest BCUT2D eigenvalue weighted by molar-refractivity contribution is 5.95. The first-order valence-corrected chi connectivity index (χ1v) is 7.15. The average molecular weight is 293 g/mol. The Hall–Kier alpha value is -2.24. The maximum atomic E-state index is 11.8. The Kier molecular flexibility index (Phi) is 7.71. The number of amides is 3. The lowest BCUT2D eigenvalue weighted by Gasteiger charge is -2.09. The maximum absolute atomic E-state index is 11.8. The molecule has 6 heteroatoms. The molecule has 0 aliphatic rings. The zero-order valence-electron chi connectivity index (χ0n) is 12.6. The molecule has 1 aromatic rings. The van der Waals surface area contributed by atoms with E-state index in [2.05, 4.69) is 23.1 Å². The van der Waals surface area contributed by atoms with Crippen LogP contribution in [0.15, 0.2) is 24.3 Å². The van der Waals surface area contributed by atoms with Crippen LogP contribution >= 0.6 is 0 Å². The minimum Gasteiger partial charge on any atom is -0.497 e. The van der Waals surface area contributed by atoms with Crippen molar-refractivity contribution in [2.24, 2.45) is 0 Å². The summed E-state index contributed by atoms with van der Waals surface area (Å²) in [7, 11) is 1.56. The molecule has 0 unspecified atom stereocenters. The van der Waals surface area contributed by atoms with E-state index >= 15 is 0 Å². The Labute approximate surface area is 125 Å². The van der Waals surface area contributed by atoms with Crippen molar-refractivity contribution < 1.29 is 14.3 Å². The van der Waals surface area contributed by atoms with Gasteiger partial charge in [-0.15, -0.1) is 0 Å². The standard InChI is InChI=1S/C15H23N3O3/c1-3-4-5-6-11-16-15(20)18-17-14(19)12-7-9-13(21-2)10-8-12/h7-10H,3-6,11H2,1-2H3,(H,17,19)(H2,16,18,20). The van der Waals surface area contributed by atoms with Crippen LogP contribution in [-0.4, -0.2) is 25.6 Å². The summed E-state index contributed by atoms with van der Waals surface area (Å²) >= 11 is 0. The van der Waals surface area contributed by atoms with Crippen LogP contribution < -0.4 is 20.9 Å². The summed E-state index contributed by atoms with van der Waals surface area (Å²) in [6.07, 6.45) is 4.35. The summed E-state index contributed by atoms with van der Waals surface area (Å²) < 4.78 is 5.01. The van der Waals surface area contributed by atoms with E-state index in [1.165, 1.54) is 0 Å². The molecule has 0 bridgehead atoms. The van der Waals surface area contributed by atoms with Gasteiger partial charge in [0.25, 0.3) is 5.91 Å². The zero-order valence-corrected chi connectivity index (χ0v) is 12.6. The van der Waals surface area contributed by atoms with E-state index in [9.17, 15) is 9.59 Å². The van der Waals surface area contributed by atoms with Crippen LogP contribution in [0.25, 0.3) is 0 Å². The van der Waals surface area contributed by atoms with Gasteiger partial charge in [0.05, 0.1) is 7.11 Å². The molecule has 0 fully saturated rings. The predicted octanol–water partition coefficient (Wildman–Crippen LogP) is 2.22. The first kappa shape index (κ1) is 16.8. The number of unbranched alkanes of at least 4 members (excludes halogenated alkanes) is 3. The highest BCUT2D eigenvalue weighted by Crippen LogP contribution is 2.10. The van der Waals surface area contributed by atoms with E-state index < -0.39 is 6.03 Å². The minimum atomic E-state index is -0.409. The van der Waals surface area contributed by atoms with Crippen LogP contribution in [-0.2, 0) is 0 Å². The van der Waals surface area contributed by atoms with Gasteiger partial charge in [-0.2, -0.15) is 0 Å². The number of carbonyl (C=O) groups excluding carboxylic acids is 2. The molecule has 0 aliphatic carbocycles. The van der Waals surface area contributed by atoms with Crippen LogP contribution in [0.4, 0.5) is 4.79 Å². The molecule has 6 nitrogen and oxygen atoms in total. The largest absolute Gasteiger partial charge is 0.497 e. The van der Waals surface area contributed by atoms with Gasteiger partial charge in [0.2, 0.25) is 0 Å². The van der Waals surface area contributed by atoms with Crippen molar-refractivity contribution in [3.05, 3.63) is 29.8 Å². The summed E-state index contributed by atoms with van der Waals surface area (Å²) in [5.74, 6) is 0.295. The number of ether oxygens (including phenoxy) is 1. The Bertz CT molecular complexity index is 446. The lowest BCUT2D eigenvalue weighted by atomic mass is 10.2. The van der Waals surface area contributed by atoms with E-state index in [0.29, 0.717) is 17.9 Å². The molecule has 0 aromatic heterocycles. The van der Waals surface area contributed by atoms with E-state index in [4.69, 9.17) is 4.74 Å². The van der Waals surface area contributed by atoms with Gasteiger partial charge >= 0.3 is 6.03 Å². The van der Waals surface area contributed by atoms with E-state index in [0.717, 1.165) is 25.7 Å². The van der Waals surface area contributed by atoms with Crippen molar-refractivity contribution in [1.82, 2.24) is 16.2 Å². The van der Waals surface area contributed by atoms with Crippen LogP contribution in [0, 0.1) is 0 Å². The van der Waals surface area contributed by atoms with Gasteiger partial charge in [-0.1, -0.05) is 26.2 Å². The smallest absolute Gasteiger partial charge is 0.333 e. The molecule has 0 heterocycles. The second-order valence-corrected chi connectivity index (χ2v) is 4.62. The van der Waals surface area contributed by atoms with Gasteiger partial charge in [-0.3, -0.25) is 10.2 Å². The molecule has 1 aromatic carbocycles. The van der Waals surface area contributed by atoms with Gasteiger partial charge in [0, 0.05) is 12.1 Å². The molecule has 3 amide bonds. The fourth-order valence-corrected chi connectivity index (χ4v) is 1.73. The molecular weight excluding hydrogens is 270 g/mol. The Morgan fingerprint density at radius 1 is 1.05 bits per heavy atom. The zero-order chi connectivity index (χ0) is 15.5. The molecule has 116 valence electrons. The maximum Gasteiger partial charge on any atom is 0.333 e. The number of methoxy groups -OCH3 is 1. The minimum absolute atomic E-state index is 0.376. The SMILES string of the molecule is CCCCCCNC(=O)NNC(=O)c1ccc(OC)cc1. The lowest BCUT2D eigenvalue weighted by Crippen LogP contribution is -2.47. The third kappa shape index (κ3) is 6.65. The van der Waals surface area contributed by atoms with Crippen LogP contribution in [0.3, 0.4) is 0 Å². The Morgan fingerprint density at radius 3 is 2.38 bits per heavy atom. The average Bonchev–Trinajstić information content (AvgIpc) is 2.52. The molecule has 0 atom stereocenters. The molecule has 0 saturated heterocycles. The van der Waals surface area contributed by atoms with Gasteiger partial charge in [0.1, 0.15) is 5.75 Å². The highest BCUT2D eigenvalue weighted by Gasteiger charge is 2.06. The fraction of sp³-hybridized carbons (Fsp3) is 0.467. The normalized spacial score (nSPS) is 9.81. The van der Waals surface area contributed by atoms with Crippen molar-refractivity contribution in [1.29, 1.82) is 0 Å². The number of benzene rings is 1. The first-order chi connectivity index (χ1) is 10.2. The molecule has 21 heavy (non-hydrogen) atoms. The quantitative estimate of drug-likeness (QED) is 0.533. The number of hydrogen-bond donors (Lipinski definition) is 3. The molecule has 3 N–H and O–H groups in total. The Balaban J connectivity index is 2.23. The van der Waals surface area contributed by atoms with Gasteiger partial charge in [-0.25, -0.2) is 10.2 Å². The van der Waals surface area contributed by atoms with E-state index in [1.807, 2.05) is 0 Å². The van der Waals surface area contributed by atoms with Gasteiger partial charge in [0.15, 0.2) is 0 Å². The van der Waals surface area contributed by atoms with Crippen molar-refractivity contribution in [3.8, 4) is 5.75 Å². The van der Waals surface area contributed by atoms with E-state index in [-0.39, 0.29) is 5.91 Å². The van der Waals surface area contributed by atoms with E-state index in [1.54, 1.807) is 31.4 Å². The van der Waals surface area contributed by atoms with Gasteiger partial charge < -0.3 is 10.1 Å². The number of hydrazine groups is 1. The monoisotopic (exact) mass is 293 g/mol. The summed E-state index contributed by atoms with van der Waals surface area (Å²) in [5.41, 5.74) is 5.11. The number of urea groups is 1. The van der Waals surface area contributed by atoms with Crippen molar-refractivity contribution in [2.75, 3.05) is 13.7 Å². The van der Waals surface area contributed by atoms with Crippen molar-refractivity contribution in [2.45, 2.75) is 32.6 Å². The molecule has 0 saturated carbocycles. The molecule has 1 rings (SSSR count). The van der Waals surface area contributed by atoms with Crippen LogP contribution in [0.2, 0.25) is 0 Å². The van der Waals surface area contributed by atoms with Crippen LogP contribution in [0.1, 0.15) is 43.0 Å². The molecule has 0 aliphatic heterocycles. The molecular formula is C15H23N3O3. The predicted molar refractivity (Wildman–Crippen MR) is 81.1 cm³/mol. The number of hydrogen-bond acceptors (Lipinski definition) is 3. The third-order valence-corrected chi connectivity index (χ3v) is 2.96. The molecule has 0 radical (unpaired) electrons. The summed E-state index contributed by atoms with van der Waals surface area (Å²) in [4.78, 5) is 23.2. The highest BCUT2D eigenvalue weighted by atomic mass is 16.5. The van der Waals surface area contributed by atoms with Crippen LogP contribution in [0.5, 0.6) is 5.75 Å². The fourth-order valence-electron chi connectivity index (χ4n) is 1.73. The second kappa shape index (κ2) is 9.63. The summed E-state index contributed by atoms with van der Waals surface area (Å²) in [5, 5.41) is 2.68. The third-order valence-electron chi connectivity index (χ3n) is 2.96. The Morgan fingerprint density at radius 2 is 1.76 bits per heavy atom. The topological polar surface area (TPSA) is 79.5 Å².